The minimum Gasteiger partial charge on any atom is -0.464 e. The largest absolute Gasteiger partial charge is 0.464 e. The standard InChI is InChI=1S/C24H16N4O3S2/c1-13(20-26-22(29)19-15(12-32-24(19)27-20)17-8-4-10-30-17)33-23-14-6-2-3-7-16(14)25-21(28-23)18-9-5-11-31-18/h2-13H,1H3,(H,26,27,29). The topological polar surface area (TPSA) is 97.8 Å². The third kappa shape index (κ3) is 3.55. The van der Waals surface area contributed by atoms with Gasteiger partial charge in [-0.1, -0.05) is 30.0 Å². The molecule has 0 spiro atoms. The highest BCUT2D eigenvalue weighted by Crippen LogP contribution is 2.38. The second-order valence-electron chi connectivity index (χ2n) is 7.36. The first kappa shape index (κ1) is 20.0. The van der Waals surface area contributed by atoms with Gasteiger partial charge in [-0.3, -0.25) is 4.79 Å². The zero-order valence-electron chi connectivity index (χ0n) is 17.3. The molecule has 6 rings (SSSR count). The smallest absolute Gasteiger partial charge is 0.260 e. The number of thiophene rings is 1. The molecule has 9 heteroatoms. The van der Waals surface area contributed by atoms with Crippen LogP contribution in [0.15, 0.2) is 85.1 Å². The van der Waals surface area contributed by atoms with E-state index in [1.165, 1.54) is 23.1 Å². The number of H-pyrrole nitrogens is 1. The monoisotopic (exact) mass is 472 g/mol. The Hall–Kier alpha value is -3.69. The maximum absolute atomic E-state index is 13.0. The molecule has 0 aliphatic carbocycles. The van der Waals surface area contributed by atoms with Crippen LogP contribution in [0.1, 0.15) is 18.0 Å². The lowest BCUT2D eigenvalue weighted by Crippen LogP contribution is -2.12. The van der Waals surface area contributed by atoms with E-state index in [0.29, 0.717) is 33.4 Å². The summed E-state index contributed by atoms with van der Waals surface area (Å²) in [6, 6.07) is 15.1. The molecule has 6 aromatic rings. The van der Waals surface area contributed by atoms with E-state index in [9.17, 15) is 4.79 Å². The first-order valence-corrected chi connectivity index (χ1v) is 12.0. The molecule has 0 saturated carbocycles. The fourth-order valence-corrected chi connectivity index (χ4v) is 5.58. The molecule has 0 amide bonds. The molecule has 1 aromatic carbocycles. The molecule has 1 unspecified atom stereocenters. The van der Waals surface area contributed by atoms with Gasteiger partial charge in [0.1, 0.15) is 21.4 Å². The molecule has 0 fully saturated rings. The number of aromatic nitrogens is 4. The number of furan rings is 2. The molecular weight excluding hydrogens is 456 g/mol. The van der Waals surface area contributed by atoms with Gasteiger partial charge in [0, 0.05) is 16.3 Å². The summed E-state index contributed by atoms with van der Waals surface area (Å²) in [7, 11) is 0. The molecule has 0 bridgehead atoms. The number of aromatic amines is 1. The molecule has 7 nitrogen and oxygen atoms in total. The van der Waals surface area contributed by atoms with Gasteiger partial charge in [0.25, 0.3) is 5.56 Å². The minimum atomic E-state index is -0.182. The first-order valence-electron chi connectivity index (χ1n) is 10.2. The number of nitrogens with zero attached hydrogens (tertiary/aromatic N) is 3. The lowest BCUT2D eigenvalue weighted by atomic mass is 10.2. The summed E-state index contributed by atoms with van der Waals surface area (Å²) >= 11 is 2.95. The Kier molecular flexibility index (Phi) is 4.85. The van der Waals surface area contributed by atoms with Crippen LogP contribution in [0.5, 0.6) is 0 Å². The molecule has 0 saturated heterocycles. The Morgan fingerprint density at radius 1 is 0.970 bits per heavy atom. The van der Waals surface area contributed by atoms with Gasteiger partial charge in [0.05, 0.1) is 28.7 Å². The van der Waals surface area contributed by atoms with Gasteiger partial charge >= 0.3 is 0 Å². The number of nitrogens with one attached hydrogen (secondary N) is 1. The summed E-state index contributed by atoms with van der Waals surface area (Å²) in [4.78, 5) is 30.8. The lowest BCUT2D eigenvalue weighted by molar-refractivity contribution is 0.577. The first-order chi connectivity index (χ1) is 16.2. The Morgan fingerprint density at radius 3 is 2.55 bits per heavy atom. The third-order valence-corrected chi connectivity index (χ3v) is 7.22. The van der Waals surface area contributed by atoms with Crippen molar-refractivity contribution in [2.24, 2.45) is 0 Å². The van der Waals surface area contributed by atoms with E-state index < -0.39 is 0 Å². The van der Waals surface area contributed by atoms with Crippen molar-refractivity contribution in [3.8, 4) is 22.9 Å². The van der Waals surface area contributed by atoms with Gasteiger partial charge in [-0.2, -0.15) is 0 Å². The molecule has 0 aliphatic rings. The van der Waals surface area contributed by atoms with Crippen molar-refractivity contribution < 1.29 is 8.83 Å². The van der Waals surface area contributed by atoms with Gasteiger partial charge in [-0.25, -0.2) is 15.0 Å². The van der Waals surface area contributed by atoms with Crippen molar-refractivity contribution in [2.75, 3.05) is 0 Å². The van der Waals surface area contributed by atoms with Crippen LogP contribution in [0.2, 0.25) is 0 Å². The highest BCUT2D eigenvalue weighted by molar-refractivity contribution is 7.99. The van der Waals surface area contributed by atoms with Crippen LogP contribution in [0.4, 0.5) is 0 Å². The summed E-state index contributed by atoms with van der Waals surface area (Å²) in [5.74, 6) is 2.37. The molecule has 1 N–H and O–H groups in total. The zero-order chi connectivity index (χ0) is 22.4. The van der Waals surface area contributed by atoms with E-state index in [2.05, 4.69) is 9.97 Å². The van der Waals surface area contributed by atoms with Gasteiger partial charge in [0.15, 0.2) is 11.6 Å². The SMILES string of the molecule is CC(Sc1nc(-c2ccco2)nc2ccccc12)c1nc2scc(-c3ccco3)c2c(=O)[nH]1. The Bertz CT molecular complexity index is 1640. The van der Waals surface area contributed by atoms with Gasteiger partial charge in [-0.05, 0) is 37.3 Å². The van der Waals surface area contributed by atoms with Crippen LogP contribution < -0.4 is 5.56 Å². The third-order valence-electron chi connectivity index (χ3n) is 5.23. The second kappa shape index (κ2) is 8.02. The van der Waals surface area contributed by atoms with Gasteiger partial charge in [0.2, 0.25) is 0 Å². The second-order valence-corrected chi connectivity index (χ2v) is 9.55. The zero-order valence-corrected chi connectivity index (χ0v) is 18.9. The molecule has 0 radical (unpaired) electrons. The number of fused-ring (bicyclic) bond motifs is 2. The summed E-state index contributed by atoms with van der Waals surface area (Å²) in [5.41, 5.74) is 1.40. The van der Waals surface area contributed by atoms with Gasteiger partial charge < -0.3 is 13.8 Å². The van der Waals surface area contributed by atoms with Crippen molar-refractivity contribution in [2.45, 2.75) is 17.2 Å². The average molecular weight is 473 g/mol. The van der Waals surface area contributed by atoms with Crippen molar-refractivity contribution >= 4 is 44.2 Å². The summed E-state index contributed by atoms with van der Waals surface area (Å²) < 4.78 is 11.0. The Labute approximate surface area is 195 Å². The van der Waals surface area contributed by atoms with E-state index in [1.807, 2.05) is 54.8 Å². The van der Waals surface area contributed by atoms with Crippen molar-refractivity contribution in [1.29, 1.82) is 0 Å². The fourth-order valence-electron chi connectivity index (χ4n) is 3.65. The molecule has 5 heterocycles. The number of hydrogen-bond donors (Lipinski definition) is 1. The fraction of sp³-hybridized carbons (Fsp3) is 0.0833. The van der Waals surface area contributed by atoms with E-state index >= 15 is 0 Å². The molecule has 5 aromatic heterocycles. The average Bonchev–Trinajstić information content (AvgIpc) is 3.60. The summed E-state index contributed by atoms with van der Waals surface area (Å²) in [5, 5.41) is 4.03. The quantitative estimate of drug-likeness (QED) is 0.232. The predicted molar refractivity (Wildman–Crippen MR) is 129 cm³/mol. The van der Waals surface area contributed by atoms with E-state index in [1.54, 1.807) is 18.6 Å². The van der Waals surface area contributed by atoms with E-state index in [-0.39, 0.29) is 10.8 Å². The molecule has 0 aliphatic heterocycles. The van der Waals surface area contributed by atoms with Crippen LogP contribution in [-0.4, -0.2) is 19.9 Å². The van der Waals surface area contributed by atoms with Crippen molar-refractivity contribution in [3.05, 3.63) is 82.6 Å². The van der Waals surface area contributed by atoms with E-state index in [4.69, 9.17) is 18.8 Å². The molecular formula is C24H16N4O3S2. The molecule has 162 valence electrons. The number of rotatable bonds is 5. The Morgan fingerprint density at radius 2 is 1.76 bits per heavy atom. The van der Waals surface area contributed by atoms with Crippen LogP contribution in [0, 0.1) is 0 Å². The maximum atomic E-state index is 13.0. The van der Waals surface area contributed by atoms with Gasteiger partial charge in [-0.15, -0.1) is 11.3 Å². The van der Waals surface area contributed by atoms with Crippen LogP contribution in [0.3, 0.4) is 0 Å². The summed E-state index contributed by atoms with van der Waals surface area (Å²) in [6.45, 7) is 2.00. The maximum Gasteiger partial charge on any atom is 0.260 e. The van der Waals surface area contributed by atoms with E-state index in [0.717, 1.165) is 21.5 Å². The predicted octanol–water partition coefficient (Wildman–Crippen LogP) is 6.30. The van der Waals surface area contributed by atoms with Crippen LogP contribution in [0.25, 0.3) is 44.0 Å². The van der Waals surface area contributed by atoms with Crippen molar-refractivity contribution in [3.63, 3.8) is 0 Å². The normalized spacial score (nSPS) is 12.5. The Balaban J connectivity index is 1.40. The lowest BCUT2D eigenvalue weighted by Gasteiger charge is -2.12. The minimum absolute atomic E-state index is 0.154. The van der Waals surface area contributed by atoms with Crippen LogP contribution >= 0.6 is 23.1 Å². The molecule has 33 heavy (non-hydrogen) atoms. The highest BCUT2D eigenvalue weighted by atomic mass is 32.2. The highest BCUT2D eigenvalue weighted by Gasteiger charge is 2.20. The molecule has 1 atom stereocenters. The number of para-hydroxylation sites is 1. The summed E-state index contributed by atoms with van der Waals surface area (Å²) in [6.07, 6.45) is 3.20. The van der Waals surface area contributed by atoms with Crippen LogP contribution in [-0.2, 0) is 0 Å². The number of benzene rings is 1. The van der Waals surface area contributed by atoms with Crippen molar-refractivity contribution in [1.82, 2.24) is 19.9 Å². The number of hydrogen-bond acceptors (Lipinski definition) is 8. The number of thioether (sulfide) groups is 1.